The maximum absolute atomic E-state index is 12.4. The van der Waals surface area contributed by atoms with Crippen molar-refractivity contribution in [3.05, 3.63) is 17.2 Å². The molecule has 0 saturated carbocycles. The van der Waals surface area contributed by atoms with Gasteiger partial charge in [-0.05, 0) is 5.75 Å². The maximum atomic E-state index is 12.4. The topological polar surface area (TPSA) is 25.8 Å². The second kappa shape index (κ2) is 4.35. The van der Waals surface area contributed by atoms with Gasteiger partial charge in [0, 0.05) is 0 Å². The average molecular weight is 243 g/mol. The third-order valence-electron chi connectivity index (χ3n) is 1.32. The van der Waals surface area contributed by atoms with E-state index in [1.54, 1.807) is 6.92 Å². The summed E-state index contributed by atoms with van der Waals surface area (Å²) < 4.78 is 37.2. The second-order valence-electron chi connectivity index (χ2n) is 2.27. The first kappa shape index (κ1) is 11.6. The quantitative estimate of drug-likeness (QED) is 0.588. The summed E-state index contributed by atoms with van der Waals surface area (Å²) in [4.78, 5) is 6.59. The number of hydrogen-bond acceptors (Lipinski definition) is 3. The molecule has 1 heterocycles. The van der Waals surface area contributed by atoms with Crippen molar-refractivity contribution in [2.75, 3.05) is 5.75 Å². The van der Waals surface area contributed by atoms with E-state index in [1.807, 2.05) is 0 Å². The highest BCUT2D eigenvalue weighted by Gasteiger charge is 2.36. The molecule has 1 aromatic heterocycles. The molecular weight excluding hydrogens is 237 g/mol. The van der Waals surface area contributed by atoms with Crippen molar-refractivity contribution in [1.82, 2.24) is 9.97 Å². The lowest BCUT2D eigenvalue weighted by Crippen LogP contribution is -2.10. The van der Waals surface area contributed by atoms with Gasteiger partial charge in [0.05, 0.1) is 4.90 Å². The van der Waals surface area contributed by atoms with Crippen LogP contribution in [0.4, 0.5) is 13.2 Å². The number of aromatic nitrogens is 2. The molecule has 2 nitrogen and oxygen atoms in total. The molecule has 78 valence electrons. The van der Waals surface area contributed by atoms with E-state index in [9.17, 15) is 13.2 Å². The smallest absolute Gasteiger partial charge is 0.231 e. The lowest BCUT2D eigenvalue weighted by atomic mass is 10.4. The third kappa shape index (κ3) is 2.51. The largest absolute Gasteiger partial charge is 0.434 e. The highest BCUT2D eigenvalue weighted by Crippen LogP contribution is 2.37. The Morgan fingerprint density at radius 3 is 2.57 bits per heavy atom. The van der Waals surface area contributed by atoms with Crippen LogP contribution in [-0.2, 0) is 6.18 Å². The number of halogens is 4. The van der Waals surface area contributed by atoms with E-state index in [0.29, 0.717) is 5.75 Å². The number of thioether (sulfide) groups is 1. The van der Waals surface area contributed by atoms with Gasteiger partial charge in [-0.2, -0.15) is 13.2 Å². The number of alkyl halides is 3. The highest BCUT2D eigenvalue weighted by molar-refractivity contribution is 7.99. The van der Waals surface area contributed by atoms with Crippen LogP contribution in [-0.4, -0.2) is 15.7 Å². The van der Waals surface area contributed by atoms with Gasteiger partial charge in [0.15, 0.2) is 5.69 Å². The van der Waals surface area contributed by atoms with E-state index in [-0.39, 0.29) is 10.0 Å². The fourth-order valence-electron chi connectivity index (χ4n) is 0.826. The van der Waals surface area contributed by atoms with Crippen molar-refractivity contribution >= 4 is 23.4 Å². The fourth-order valence-corrected chi connectivity index (χ4v) is 1.89. The summed E-state index contributed by atoms with van der Waals surface area (Å²) in [5.74, 6) is 0.482. The molecule has 0 N–H and O–H groups in total. The molecule has 0 aliphatic rings. The lowest BCUT2D eigenvalue weighted by molar-refractivity contribution is -0.143. The maximum Gasteiger partial charge on any atom is 0.434 e. The van der Waals surface area contributed by atoms with E-state index in [0.717, 1.165) is 18.1 Å². The molecule has 1 aromatic rings. The molecule has 0 atom stereocenters. The first-order chi connectivity index (χ1) is 6.46. The van der Waals surface area contributed by atoms with Crippen LogP contribution in [0.25, 0.3) is 0 Å². The summed E-state index contributed by atoms with van der Waals surface area (Å²) in [6.45, 7) is 1.73. The first-order valence-electron chi connectivity index (χ1n) is 3.67. The number of nitrogens with zero attached hydrogens (tertiary/aromatic N) is 2. The van der Waals surface area contributed by atoms with Crippen molar-refractivity contribution in [2.24, 2.45) is 0 Å². The van der Waals surface area contributed by atoms with Crippen molar-refractivity contribution in [1.29, 1.82) is 0 Å². The van der Waals surface area contributed by atoms with Crippen LogP contribution < -0.4 is 0 Å². The summed E-state index contributed by atoms with van der Waals surface area (Å²) in [5, 5.41) is -0.154. The zero-order chi connectivity index (χ0) is 10.8. The summed E-state index contributed by atoms with van der Waals surface area (Å²) in [7, 11) is 0. The Morgan fingerprint density at radius 1 is 1.43 bits per heavy atom. The van der Waals surface area contributed by atoms with Gasteiger partial charge in [-0.25, -0.2) is 9.97 Å². The Kier molecular flexibility index (Phi) is 3.60. The normalized spacial score (nSPS) is 11.8. The summed E-state index contributed by atoms with van der Waals surface area (Å²) >= 11 is 6.52. The third-order valence-corrected chi connectivity index (χ3v) is 2.68. The minimum Gasteiger partial charge on any atom is -0.231 e. The van der Waals surface area contributed by atoms with Crippen molar-refractivity contribution in [3.63, 3.8) is 0 Å². The number of hydrogen-bond donors (Lipinski definition) is 0. The standard InChI is InChI=1S/C7H6ClF3N2S/c1-2-14-4-5(7(9,10)11)12-3-13-6(4)8/h3H,2H2,1H3. The molecule has 0 fully saturated rings. The molecule has 1 rings (SSSR count). The Balaban J connectivity index is 3.21. The zero-order valence-corrected chi connectivity index (χ0v) is 8.67. The molecule has 0 amide bonds. The Morgan fingerprint density at radius 2 is 2.07 bits per heavy atom. The van der Waals surface area contributed by atoms with Crippen LogP contribution in [0.15, 0.2) is 11.2 Å². The minimum atomic E-state index is -4.48. The predicted molar refractivity (Wildman–Crippen MR) is 48.4 cm³/mol. The van der Waals surface area contributed by atoms with E-state index >= 15 is 0 Å². The van der Waals surface area contributed by atoms with Crippen LogP contribution in [0.5, 0.6) is 0 Å². The number of rotatable bonds is 2. The van der Waals surface area contributed by atoms with Crippen LogP contribution in [0.2, 0.25) is 5.15 Å². The van der Waals surface area contributed by atoms with Gasteiger partial charge in [-0.15, -0.1) is 11.8 Å². The molecule has 14 heavy (non-hydrogen) atoms. The molecule has 0 aromatic carbocycles. The Labute approximate surface area is 87.9 Å². The van der Waals surface area contributed by atoms with Crippen LogP contribution in [0, 0.1) is 0 Å². The second-order valence-corrected chi connectivity index (χ2v) is 3.91. The first-order valence-corrected chi connectivity index (χ1v) is 5.03. The van der Waals surface area contributed by atoms with Crippen molar-refractivity contribution in [3.8, 4) is 0 Å². The van der Waals surface area contributed by atoms with E-state index in [1.165, 1.54) is 0 Å². The summed E-state index contributed by atoms with van der Waals surface area (Å²) in [5.41, 5.74) is -0.968. The fraction of sp³-hybridized carbons (Fsp3) is 0.429. The molecule has 0 spiro atoms. The molecule has 0 aliphatic heterocycles. The van der Waals surface area contributed by atoms with Crippen molar-refractivity contribution < 1.29 is 13.2 Å². The van der Waals surface area contributed by atoms with Crippen LogP contribution >= 0.6 is 23.4 Å². The molecule has 7 heteroatoms. The molecule has 0 aliphatic carbocycles. The molecule has 0 radical (unpaired) electrons. The van der Waals surface area contributed by atoms with Gasteiger partial charge in [-0.1, -0.05) is 18.5 Å². The van der Waals surface area contributed by atoms with Gasteiger partial charge in [-0.3, -0.25) is 0 Å². The van der Waals surface area contributed by atoms with Crippen LogP contribution in [0.1, 0.15) is 12.6 Å². The average Bonchev–Trinajstić information content (AvgIpc) is 2.07. The lowest BCUT2D eigenvalue weighted by Gasteiger charge is -2.10. The van der Waals surface area contributed by atoms with Gasteiger partial charge >= 0.3 is 6.18 Å². The molecular formula is C7H6ClF3N2S. The zero-order valence-electron chi connectivity index (χ0n) is 7.10. The van der Waals surface area contributed by atoms with E-state index in [4.69, 9.17) is 11.6 Å². The van der Waals surface area contributed by atoms with Crippen molar-refractivity contribution in [2.45, 2.75) is 18.0 Å². The molecule has 0 bridgehead atoms. The Bertz CT molecular complexity index is 329. The SMILES string of the molecule is CCSc1c(Cl)ncnc1C(F)(F)F. The van der Waals surface area contributed by atoms with Gasteiger partial charge < -0.3 is 0 Å². The summed E-state index contributed by atoms with van der Waals surface area (Å²) in [6, 6.07) is 0. The van der Waals surface area contributed by atoms with Gasteiger partial charge in [0.25, 0.3) is 0 Å². The van der Waals surface area contributed by atoms with Gasteiger partial charge in [0.2, 0.25) is 0 Å². The van der Waals surface area contributed by atoms with Gasteiger partial charge in [0.1, 0.15) is 11.5 Å². The monoisotopic (exact) mass is 242 g/mol. The van der Waals surface area contributed by atoms with E-state index in [2.05, 4.69) is 9.97 Å². The molecule has 0 unspecified atom stereocenters. The highest BCUT2D eigenvalue weighted by atomic mass is 35.5. The van der Waals surface area contributed by atoms with Crippen LogP contribution in [0.3, 0.4) is 0 Å². The molecule has 0 saturated heterocycles. The summed E-state index contributed by atoms with van der Waals surface area (Å²) in [6.07, 6.45) is -3.67. The Hall–Kier alpha value is -0.490. The van der Waals surface area contributed by atoms with E-state index < -0.39 is 11.9 Å². The predicted octanol–water partition coefficient (Wildman–Crippen LogP) is 3.26. The minimum absolute atomic E-state index is 0.107.